The number of aliphatic hydroxyl groups excluding tert-OH is 1. The third-order valence-electron chi connectivity index (χ3n) is 3.10. The average Bonchev–Trinajstić information content (AvgIpc) is 2.42. The Kier molecular flexibility index (Phi) is 8.53. The highest BCUT2D eigenvalue weighted by Gasteiger charge is 2.05. The van der Waals surface area contributed by atoms with E-state index < -0.39 is 6.10 Å². The molecule has 0 radical (unpaired) electrons. The lowest BCUT2D eigenvalue weighted by molar-refractivity contribution is 0.0344. The van der Waals surface area contributed by atoms with Crippen LogP contribution in [0.1, 0.15) is 57.1 Å². The van der Waals surface area contributed by atoms with Gasteiger partial charge in [-0.2, -0.15) is 0 Å². The molecule has 1 unspecified atom stereocenters. The summed E-state index contributed by atoms with van der Waals surface area (Å²) in [5, 5.41) is 9.87. The van der Waals surface area contributed by atoms with Gasteiger partial charge in [0.15, 0.2) is 0 Å². The summed E-state index contributed by atoms with van der Waals surface area (Å²) in [6, 6.07) is 9.68. The Morgan fingerprint density at radius 1 is 1.00 bits per heavy atom. The van der Waals surface area contributed by atoms with Crippen LogP contribution in [0.2, 0.25) is 0 Å². The van der Waals surface area contributed by atoms with Gasteiger partial charge in [0.25, 0.3) is 0 Å². The Labute approximate surface area is 111 Å². The van der Waals surface area contributed by atoms with Crippen LogP contribution in [0.5, 0.6) is 0 Å². The number of unbranched alkanes of at least 4 members (excludes halogenated alkanes) is 5. The molecule has 0 aliphatic rings. The molecule has 0 aromatic heterocycles. The molecule has 0 fully saturated rings. The number of hydrogen-bond acceptors (Lipinski definition) is 2. The predicted molar refractivity (Wildman–Crippen MR) is 75.6 cm³/mol. The topological polar surface area (TPSA) is 29.5 Å². The van der Waals surface area contributed by atoms with Gasteiger partial charge in [-0.25, -0.2) is 0 Å². The molecule has 1 N–H and O–H groups in total. The quantitative estimate of drug-likeness (QED) is 0.634. The van der Waals surface area contributed by atoms with Gasteiger partial charge in [-0.3, -0.25) is 0 Å². The van der Waals surface area contributed by atoms with Crippen molar-refractivity contribution in [3.05, 3.63) is 35.9 Å². The van der Waals surface area contributed by atoms with E-state index in [9.17, 15) is 5.11 Å². The number of rotatable bonds is 10. The highest BCUT2D eigenvalue weighted by atomic mass is 16.5. The molecular formula is C16H26O2. The molecule has 18 heavy (non-hydrogen) atoms. The van der Waals surface area contributed by atoms with Crippen molar-refractivity contribution in [1.82, 2.24) is 0 Å². The van der Waals surface area contributed by atoms with E-state index in [0.717, 1.165) is 18.6 Å². The fourth-order valence-electron chi connectivity index (χ4n) is 1.95. The summed E-state index contributed by atoms with van der Waals surface area (Å²) in [6.45, 7) is 3.39. The van der Waals surface area contributed by atoms with Crippen molar-refractivity contribution in [2.45, 2.75) is 51.6 Å². The van der Waals surface area contributed by atoms with Gasteiger partial charge < -0.3 is 9.84 Å². The molecule has 102 valence electrons. The molecule has 0 saturated heterocycles. The van der Waals surface area contributed by atoms with Gasteiger partial charge in [-0.05, 0) is 12.0 Å². The van der Waals surface area contributed by atoms with Crippen LogP contribution in [0, 0.1) is 0 Å². The Morgan fingerprint density at radius 3 is 2.39 bits per heavy atom. The van der Waals surface area contributed by atoms with E-state index in [-0.39, 0.29) is 0 Å². The van der Waals surface area contributed by atoms with E-state index in [4.69, 9.17) is 4.74 Å². The molecule has 0 bridgehead atoms. The zero-order valence-corrected chi connectivity index (χ0v) is 11.5. The second-order valence-corrected chi connectivity index (χ2v) is 4.77. The minimum atomic E-state index is -0.494. The lowest BCUT2D eigenvalue weighted by Gasteiger charge is -2.11. The zero-order valence-electron chi connectivity index (χ0n) is 11.5. The third-order valence-corrected chi connectivity index (χ3v) is 3.10. The summed E-state index contributed by atoms with van der Waals surface area (Å²) in [4.78, 5) is 0. The fourth-order valence-corrected chi connectivity index (χ4v) is 1.95. The predicted octanol–water partition coefficient (Wildman–Crippen LogP) is 4.10. The molecule has 0 spiro atoms. The van der Waals surface area contributed by atoms with Gasteiger partial charge in [0.05, 0.1) is 6.61 Å². The molecule has 2 nitrogen and oxygen atoms in total. The third kappa shape index (κ3) is 6.77. The van der Waals surface area contributed by atoms with Gasteiger partial charge >= 0.3 is 0 Å². The SMILES string of the molecule is CCCCCCCCOCC(O)c1ccccc1. The molecule has 0 aliphatic heterocycles. The van der Waals surface area contributed by atoms with Crippen LogP contribution >= 0.6 is 0 Å². The number of ether oxygens (including phenoxy) is 1. The van der Waals surface area contributed by atoms with Crippen molar-refractivity contribution in [3.8, 4) is 0 Å². The Morgan fingerprint density at radius 2 is 1.67 bits per heavy atom. The minimum absolute atomic E-state index is 0.402. The molecular weight excluding hydrogens is 224 g/mol. The second kappa shape index (κ2) is 10.1. The van der Waals surface area contributed by atoms with E-state index in [1.165, 1.54) is 32.1 Å². The summed E-state index contributed by atoms with van der Waals surface area (Å²) >= 11 is 0. The second-order valence-electron chi connectivity index (χ2n) is 4.77. The van der Waals surface area contributed by atoms with Crippen molar-refractivity contribution in [2.24, 2.45) is 0 Å². The number of hydrogen-bond donors (Lipinski definition) is 1. The van der Waals surface area contributed by atoms with E-state index in [2.05, 4.69) is 6.92 Å². The van der Waals surface area contributed by atoms with Crippen LogP contribution in [0.3, 0.4) is 0 Å². The van der Waals surface area contributed by atoms with E-state index >= 15 is 0 Å². The molecule has 0 amide bonds. The lowest BCUT2D eigenvalue weighted by Crippen LogP contribution is -2.07. The summed E-state index contributed by atoms with van der Waals surface area (Å²) in [7, 11) is 0. The minimum Gasteiger partial charge on any atom is -0.386 e. The molecule has 1 aromatic carbocycles. The molecule has 1 rings (SSSR count). The van der Waals surface area contributed by atoms with Crippen molar-refractivity contribution in [3.63, 3.8) is 0 Å². The van der Waals surface area contributed by atoms with E-state index in [1.54, 1.807) is 0 Å². The monoisotopic (exact) mass is 250 g/mol. The van der Waals surface area contributed by atoms with Crippen LogP contribution in [-0.2, 0) is 4.74 Å². The van der Waals surface area contributed by atoms with Gasteiger partial charge in [-0.15, -0.1) is 0 Å². The molecule has 0 aliphatic carbocycles. The zero-order chi connectivity index (χ0) is 13.1. The van der Waals surface area contributed by atoms with Crippen LogP contribution in [0.15, 0.2) is 30.3 Å². The Bertz CT molecular complexity index is 284. The first-order chi connectivity index (χ1) is 8.84. The number of benzene rings is 1. The van der Waals surface area contributed by atoms with E-state index in [0.29, 0.717) is 6.61 Å². The maximum atomic E-state index is 9.87. The summed E-state index contributed by atoms with van der Waals surface area (Å²) in [5.74, 6) is 0. The van der Waals surface area contributed by atoms with Crippen molar-refractivity contribution in [2.75, 3.05) is 13.2 Å². The maximum absolute atomic E-state index is 9.87. The highest BCUT2D eigenvalue weighted by molar-refractivity contribution is 5.17. The fraction of sp³-hybridized carbons (Fsp3) is 0.625. The summed E-state index contributed by atoms with van der Waals surface area (Å²) in [5.41, 5.74) is 0.931. The summed E-state index contributed by atoms with van der Waals surface area (Å²) in [6.07, 6.45) is 7.12. The first kappa shape index (κ1) is 15.2. The first-order valence-corrected chi connectivity index (χ1v) is 7.15. The van der Waals surface area contributed by atoms with Crippen LogP contribution in [0.25, 0.3) is 0 Å². The maximum Gasteiger partial charge on any atom is 0.102 e. The molecule has 1 aromatic rings. The van der Waals surface area contributed by atoms with Crippen LogP contribution in [0.4, 0.5) is 0 Å². The number of aliphatic hydroxyl groups is 1. The Balaban J connectivity index is 1.98. The molecule has 2 heteroatoms. The highest BCUT2D eigenvalue weighted by Crippen LogP contribution is 2.12. The smallest absolute Gasteiger partial charge is 0.102 e. The first-order valence-electron chi connectivity index (χ1n) is 7.15. The molecule has 0 saturated carbocycles. The standard InChI is InChI=1S/C16H26O2/c1-2-3-4-5-6-10-13-18-14-16(17)15-11-8-7-9-12-15/h7-9,11-12,16-17H,2-6,10,13-14H2,1H3. The van der Waals surface area contributed by atoms with Crippen LogP contribution < -0.4 is 0 Å². The van der Waals surface area contributed by atoms with E-state index in [1.807, 2.05) is 30.3 Å². The van der Waals surface area contributed by atoms with Gasteiger partial charge in [0.2, 0.25) is 0 Å². The average molecular weight is 250 g/mol. The summed E-state index contributed by atoms with van der Waals surface area (Å²) < 4.78 is 5.51. The lowest BCUT2D eigenvalue weighted by atomic mass is 10.1. The molecule has 1 atom stereocenters. The van der Waals surface area contributed by atoms with Crippen molar-refractivity contribution >= 4 is 0 Å². The van der Waals surface area contributed by atoms with Crippen molar-refractivity contribution < 1.29 is 9.84 Å². The normalized spacial score (nSPS) is 12.6. The van der Waals surface area contributed by atoms with Gasteiger partial charge in [0.1, 0.15) is 6.10 Å². The van der Waals surface area contributed by atoms with Gasteiger partial charge in [-0.1, -0.05) is 69.4 Å². The Hall–Kier alpha value is -0.860. The van der Waals surface area contributed by atoms with Crippen molar-refractivity contribution in [1.29, 1.82) is 0 Å². The van der Waals surface area contributed by atoms with Crippen LogP contribution in [-0.4, -0.2) is 18.3 Å². The largest absolute Gasteiger partial charge is 0.386 e. The van der Waals surface area contributed by atoms with Gasteiger partial charge in [0, 0.05) is 6.61 Å². The molecule has 0 heterocycles.